The number of carbonyl (C=O) groups is 1. The maximum Gasteiger partial charge on any atom is 0.152 e. The largest absolute Gasteiger partial charge is 0.306 e. The Labute approximate surface area is 76.6 Å². The van der Waals surface area contributed by atoms with Crippen LogP contribution in [0, 0.1) is 6.92 Å². The Bertz CT molecular complexity index is 280. The van der Waals surface area contributed by atoms with Crippen molar-refractivity contribution >= 4 is 17.1 Å². The summed E-state index contributed by atoms with van der Waals surface area (Å²) in [7, 11) is 1.81. The van der Waals surface area contributed by atoms with Gasteiger partial charge in [-0.05, 0) is 37.9 Å². The Hall–Kier alpha value is -0.670. The zero-order chi connectivity index (χ0) is 9.14. The summed E-state index contributed by atoms with van der Waals surface area (Å²) >= 11 is 1.63. The van der Waals surface area contributed by atoms with Gasteiger partial charge in [-0.15, -0.1) is 11.3 Å². The Morgan fingerprint density at radius 1 is 1.67 bits per heavy atom. The van der Waals surface area contributed by atoms with Crippen LogP contribution in [-0.4, -0.2) is 12.8 Å². The van der Waals surface area contributed by atoms with E-state index in [-0.39, 0.29) is 11.8 Å². The highest BCUT2D eigenvalue weighted by molar-refractivity contribution is 7.10. The van der Waals surface area contributed by atoms with E-state index in [2.05, 4.69) is 5.32 Å². The van der Waals surface area contributed by atoms with Crippen LogP contribution in [0.15, 0.2) is 11.4 Å². The summed E-state index contributed by atoms with van der Waals surface area (Å²) in [5, 5.41) is 5.02. The van der Waals surface area contributed by atoms with Crippen molar-refractivity contribution < 1.29 is 4.79 Å². The fourth-order valence-electron chi connectivity index (χ4n) is 1.20. The molecule has 0 saturated carbocycles. The summed E-state index contributed by atoms with van der Waals surface area (Å²) in [6.45, 7) is 3.64. The lowest BCUT2D eigenvalue weighted by Crippen LogP contribution is -2.22. The number of likely N-dealkylation sites (N-methyl/N-ethyl adjacent to an activating group) is 1. The number of aryl methyl sites for hydroxylation is 1. The Kier molecular flexibility index (Phi) is 3.00. The van der Waals surface area contributed by atoms with Gasteiger partial charge >= 0.3 is 0 Å². The molecule has 0 aromatic carbocycles. The van der Waals surface area contributed by atoms with Gasteiger partial charge in [0.25, 0.3) is 0 Å². The van der Waals surface area contributed by atoms with Crippen molar-refractivity contribution in [2.45, 2.75) is 19.9 Å². The zero-order valence-electron chi connectivity index (χ0n) is 7.55. The topological polar surface area (TPSA) is 29.1 Å². The smallest absolute Gasteiger partial charge is 0.152 e. The van der Waals surface area contributed by atoms with Crippen molar-refractivity contribution in [2.24, 2.45) is 0 Å². The normalized spacial score (nSPS) is 12.9. The lowest BCUT2D eigenvalue weighted by atomic mass is 10.1. The summed E-state index contributed by atoms with van der Waals surface area (Å²) in [4.78, 5) is 12.3. The monoisotopic (exact) mass is 183 g/mol. The molecular weight excluding hydrogens is 170 g/mol. The van der Waals surface area contributed by atoms with Crippen LogP contribution in [0.4, 0.5) is 0 Å². The zero-order valence-corrected chi connectivity index (χ0v) is 8.37. The van der Waals surface area contributed by atoms with Crippen molar-refractivity contribution in [3.8, 4) is 0 Å². The molecule has 66 valence electrons. The van der Waals surface area contributed by atoms with E-state index in [1.807, 2.05) is 25.4 Å². The SMILES string of the molecule is CNC(C(C)=O)c1sccc1C. The molecule has 0 radical (unpaired) electrons. The lowest BCUT2D eigenvalue weighted by Gasteiger charge is -2.11. The van der Waals surface area contributed by atoms with E-state index in [9.17, 15) is 4.79 Å². The first-order valence-corrected chi connectivity index (χ1v) is 4.76. The Morgan fingerprint density at radius 3 is 2.67 bits per heavy atom. The van der Waals surface area contributed by atoms with E-state index in [0.717, 1.165) is 4.88 Å². The quantitative estimate of drug-likeness (QED) is 0.775. The van der Waals surface area contributed by atoms with Gasteiger partial charge in [-0.1, -0.05) is 0 Å². The highest BCUT2D eigenvalue weighted by atomic mass is 32.1. The molecule has 0 fully saturated rings. The predicted octanol–water partition coefficient (Wildman–Crippen LogP) is 1.91. The van der Waals surface area contributed by atoms with E-state index < -0.39 is 0 Å². The van der Waals surface area contributed by atoms with Crippen LogP contribution in [0.25, 0.3) is 0 Å². The molecule has 3 heteroatoms. The van der Waals surface area contributed by atoms with Gasteiger partial charge in [0.05, 0.1) is 0 Å². The lowest BCUT2D eigenvalue weighted by molar-refractivity contribution is -0.118. The van der Waals surface area contributed by atoms with Crippen molar-refractivity contribution in [1.82, 2.24) is 5.32 Å². The molecule has 0 spiro atoms. The van der Waals surface area contributed by atoms with Crippen molar-refractivity contribution in [3.05, 3.63) is 21.9 Å². The van der Waals surface area contributed by atoms with E-state index in [1.165, 1.54) is 5.56 Å². The van der Waals surface area contributed by atoms with E-state index in [0.29, 0.717) is 0 Å². The first kappa shape index (κ1) is 9.42. The maximum absolute atomic E-state index is 11.2. The summed E-state index contributed by atoms with van der Waals surface area (Å²) in [6, 6.07) is 1.91. The molecule has 1 unspecified atom stereocenters. The molecule has 2 nitrogen and oxygen atoms in total. The second-order valence-corrected chi connectivity index (χ2v) is 3.75. The third-order valence-corrected chi connectivity index (χ3v) is 2.94. The highest BCUT2D eigenvalue weighted by Gasteiger charge is 2.16. The molecule has 0 amide bonds. The minimum absolute atomic E-state index is 0.120. The van der Waals surface area contributed by atoms with Gasteiger partial charge < -0.3 is 5.32 Å². The molecule has 1 atom stereocenters. The molecule has 1 N–H and O–H groups in total. The second-order valence-electron chi connectivity index (χ2n) is 2.80. The van der Waals surface area contributed by atoms with Gasteiger partial charge in [0.1, 0.15) is 6.04 Å². The third kappa shape index (κ3) is 1.73. The molecule has 1 rings (SSSR count). The summed E-state index contributed by atoms with van der Waals surface area (Å²) < 4.78 is 0. The van der Waals surface area contributed by atoms with E-state index in [1.54, 1.807) is 18.3 Å². The van der Waals surface area contributed by atoms with E-state index in [4.69, 9.17) is 0 Å². The molecule has 1 aromatic heterocycles. The van der Waals surface area contributed by atoms with Gasteiger partial charge in [0, 0.05) is 4.88 Å². The van der Waals surface area contributed by atoms with E-state index >= 15 is 0 Å². The Morgan fingerprint density at radius 2 is 2.33 bits per heavy atom. The maximum atomic E-state index is 11.2. The fraction of sp³-hybridized carbons (Fsp3) is 0.444. The highest BCUT2D eigenvalue weighted by Crippen LogP contribution is 2.23. The first-order valence-electron chi connectivity index (χ1n) is 3.88. The number of Topliss-reactive ketones (excluding diaryl/α,β-unsaturated/α-hetero) is 1. The van der Waals surface area contributed by atoms with Crippen LogP contribution in [0.3, 0.4) is 0 Å². The van der Waals surface area contributed by atoms with Crippen LogP contribution in [-0.2, 0) is 4.79 Å². The molecular formula is C9H13NOS. The summed E-state index contributed by atoms with van der Waals surface area (Å²) in [5.74, 6) is 0.169. The van der Waals surface area contributed by atoms with Crippen LogP contribution < -0.4 is 5.32 Å². The molecule has 0 aliphatic rings. The first-order chi connectivity index (χ1) is 5.66. The Balaban J connectivity index is 2.94. The number of hydrogen-bond acceptors (Lipinski definition) is 3. The van der Waals surface area contributed by atoms with Gasteiger partial charge in [-0.25, -0.2) is 0 Å². The average Bonchev–Trinajstić information content (AvgIpc) is 2.38. The number of hydrogen-bond donors (Lipinski definition) is 1. The molecule has 0 aliphatic heterocycles. The minimum Gasteiger partial charge on any atom is -0.306 e. The van der Waals surface area contributed by atoms with Crippen molar-refractivity contribution in [2.75, 3.05) is 7.05 Å². The third-order valence-electron chi connectivity index (χ3n) is 1.86. The van der Waals surface area contributed by atoms with Crippen LogP contribution >= 0.6 is 11.3 Å². The number of ketones is 1. The van der Waals surface area contributed by atoms with Gasteiger partial charge in [-0.2, -0.15) is 0 Å². The summed E-state index contributed by atoms with van der Waals surface area (Å²) in [6.07, 6.45) is 0. The molecule has 0 bridgehead atoms. The number of rotatable bonds is 3. The fourth-order valence-corrected chi connectivity index (χ4v) is 2.29. The standard InChI is InChI=1S/C9H13NOS/c1-6-4-5-12-9(6)8(10-3)7(2)11/h4-5,8,10H,1-3H3. The number of nitrogens with one attached hydrogen (secondary N) is 1. The molecule has 0 saturated heterocycles. The predicted molar refractivity (Wildman–Crippen MR) is 51.5 cm³/mol. The number of carbonyl (C=O) groups excluding carboxylic acids is 1. The average molecular weight is 183 g/mol. The summed E-state index contributed by atoms with van der Waals surface area (Å²) in [5.41, 5.74) is 1.19. The van der Waals surface area contributed by atoms with Crippen LogP contribution in [0.2, 0.25) is 0 Å². The van der Waals surface area contributed by atoms with Gasteiger partial charge in [-0.3, -0.25) is 4.79 Å². The van der Waals surface area contributed by atoms with Crippen molar-refractivity contribution in [3.63, 3.8) is 0 Å². The minimum atomic E-state index is -0.120. The second kappa shape index (κ2) is 3.83. The molecule has 12 heavy (non-hydrogen) atoms. The van der Waals surface area contributed by atoms with Crippen LogP contribution in [0.1, 0.15) is 23.4 Å². The number of thiophene rings is 1. The van der Waals surface area contributed by atoms with Gasteiger partial charge in [0.15, 0.2) is 5.78 Å². The molecule has 0 aliphatic carbocycles. The van der Waals surface area contributed by atoms with Crippen LogP contribution in [0.5, 0.6) is 0 Å². The van der Waals surface area contributed by atoms with Crippen molar-refractivity contribution in [1.29, 1.82) is 0 Å². The molecule has 1 heterocycles. The molecule has 1 aromatic rings. The van der Waals surface area contributed by atoms with Gasteiger partial charge in [0.2, 0.25) is 0 Å².